The van der Waals surface area contributed by atoms with Crippen molar-refractivity contribution in [1.29, 1.82) is 0 Å². The summed E-state index contributed by atoms with van der Waals surface area (Å²) in [6.45, 7) is 3.68. The number of phenols is 4. The number of carboxylic acids is 1. The number of nitrogens with two attached hydrogens (primary N) is 1. The smallest absolute Gasteiger partial charge is 0.330 e. The summed E-state index contributed by atoms with van der Waals surface area (Å²) in [7, 11) is 1.50. The lowest BCUT2D eigenvalue weighted by Crippen LogP contribution is -2.59. The van der Waals surface area contributed by atoms with Gasteiger partial charge in [0.05, 0.1) is 17.5 Å². The molecule has 5 aliphatic rings. The highest BCUT2D eigenvalue weighted by Crippen LogP contribution is 2.48. The zero-order valence-electron chi connectivity index (χ0n) is 41.9. The van der Waals surface area contributed by atoms with Crippen molar-refractivity contribution in [2.24, 2.45) is 11.7 Å². The molecule has 79 heavy (non-hydrogen) atoms. The van der Waals surface area contributed by atoms with Gasteiger partial charge in [-0.05, 0) is 90.2 Å². The number of fused-ring (bicyclic) bond motifs is 14. The largest absolute Gasteiger partial charge is 0.508 e. The molecule has 5 heterocycles. The summed E-state index contributed by atoms with van der Waals surface area (Å²) in [5, 5.41) is 97.1. The zero-order chi connectivity index (χ0) is 57.3. The van der Waals surface area contributed by atoms with Crippen LogP contribution in [0.3, 0.4) is 0 Å². The molecular formula is C53H53ClN8O17. The monoisotopic (exact) mass is 1110 g/mol. The minimum Gasteiger partial charge on any atom is -0.508 e. The number of hydrogen-bond donors (Lipinski definition) is 15. The number of rotatable bonds is 8. The number of aromatic hydroxyl groups is 4. The Bertz CT molecular complexity index is 3300. The maximum Gasteiger partial charge on any atom is 0.330 e. The summed E-state index contributed by atoms with van der Waals surface area (Å²) in [5.41, 5.74) is 3.05. The molecule has 16 N–H and O–H groups in total. The Morgan fingerprint density at radius 1 is 0.671 bits per heavy atom. The lowest BCUT2D eigenvalue weighted by Gasteiger charge is -2.30. The summed E-state index contributed by atoms with van der Waals surface area (Å²) < 4.78 is 12.3. The fourth-order valence-corrected chi connectivity index (χ4v) is 9.63. The van der Waals surface area contributed by atoms with Gasteiger partial charge in [-0.1, -0.05) is 55.8 Å². The molecular weight excluding hydrogens is 1060 g/mol. The third-order valence-electron chi connectivity index (χ3n) is 13.3. The van der Waals surface area contributed by atoms with Gasteiger partial charge in [-0.25, -0.2) is 4.79 Å². The van der Waals surface area contributed by atoms with Crippen LogP contribution in [0.5, 0.6) is 46.0 Å². The van der Waals surface area contributed by atoms with Crippen LogP contribution in [0.4, 0.5) is 0 Å². The number of hydrogen-bond acceptors (Lipinski definition) is 17. The Hall–Kier alpha value is -9.17. The molecule has 10 rings (SSSR count). The Kier molecular flexibility index (Phi) is 16.2. The molecule has 0 aromatic heterocycles. The molecule has 414 valence electrons. The van der Waals surface area contributed by atoms with Crippen molar-refractivity contribution in [3.8, 4) is 57.1 Å². The molecule has 0 saturated heterocycles. The summed E-state index contributed by atoms with van der Waals surface area (Å²) in [5.74, 6) is -14.8. The van der Waals surface area contributed by atoms with E-state index < -0.39 is 165 Å². The number of ether oxygens (including phenoxy) is 2. The van der Waals surface area contributed by atoms with Crippen LogP contribution in [0.25, 0.3) is 11.1 Å². The van der Waals surface area contributed by atoms with Gasteiger partial charge in [-0.3, -0.25) is 33.6 Å². The number of aliphatic carboxylic acids is 1. The van der Waals surface area contributed by atoms with E-state index in [1.807, 2.05) is 13.8 Å². The average molecular weight is 1110 g/mol. The van der Waals surface area contributed by atoms with Gasteiger partial charge in [0.1, 0.15) is 71.2 Å². The lowest BCUT2D eigenvalue weighted by molar-refractivity contribution is -0.143. The first kappa shape index (κ1) is 56.0. The van der Waals surface area contributed by atoms with E-state index in [0.29, 0.717) is 0 Å². The third kappa shape index (κ3) is 11.7. The molecule has 5 aliphatic heterocycles. The zero-order valence-corrected chi connectivity index (χ0v) is 42.7. The number of amides is 7. The Morgan fingerprint density at radius 2 is 1.32 bits per heavy atom. The second kappa shape index (κ2) is 22.8. The highest BCUT2D eigenvalue weighted by Gasteiger charge is 2.42. The molecule has 0 fully saturated rings. The highest BCUT2D eigenvalue weighted by molar-refractivity contribution is 6.32. The number of primary amides is 1. The topological polar surface area (TPSA) is 407 Å². The van der Waals surface area contributed by atoms with Crippen molar-refractivity contribution in [3.05, 3.63) is 118 Å². The van der Waals surface area contributed by atoms with Gasteiger partial charge in [-0.15, -0.1) is 0 Å². The van der Waals surface area contributed by atoms with Crippen LogP contribution in [-0.2, 0) is 38.4 Å². The number of aliphatic hydroxyl groups excluding tert-OH is 2. The predicted octanol–water partition coefficient (Wildman–Crippen LogP) is 1.74. The Labute approximate surface area is 453 Å². The Balaban J connectivity index is 1.37. The molecule has 0 saturated carbocycles. The third-order valence-corrected chi connectivity index (χ3v) is 13.6. The maximum absolute atomic E-state index is 15.5. The predicted molar refractivity (Wildman–Crippen MR) is 275 cm³/mol. The first-order chi connectivity index (χ1) is 37.4. The number of phenolic OH excluding ortho intramolecular Hbond substituents is 4. The number of carboxylic acid groups (broad SMARTS) is 1. The second-order valence-electron chi connectivity index (χ2n) is 19.2. The van der Waals surface area contributed by atoms with Crippen LogP contribution < -0.4 is 52.4 Å². The number of halogens is 1. The first-order valence-electron chi connectivity index (χ1n) is 24.3. The van der Waals surface area contributed by atoms with Crippen LogP contribution >= 0.6 is 11.6 Å². The molecule has 26 heteroatoms. The van der Waals surface area contributed by atoms with E-state index in [9.17, 15) is 64.5 Å². The SMILES string of the molecule is CNC(CC(C)C)C(=O)NC1C(=O)NC(CC(N)=O)C(=O)NC2C(=O)NC3C(=O)NC(C(=O)NC(C(=O)O)c4cc(O)cc(O)c4-c4c(O)cccc43)C(O)c3ccc(cc3)Oc3cc2cc(c3O)Oc2ccc(cc2Cl)C1O. The van der Waals surface area contributed by atoms with E-state index in [2.05, 4.69) is 37.2 Å². The van der Waals surface area contributed by atoms with Crippen molar-refractivity contribution in [2.45, 2.75) is 81.2 Å². The molecule has 9 atom stereocenters. The Morgan fingerprint density at radius 3 is 1.96 bits per heavy atom. The van der Waals surface area contributed by atoms with Gasteiger partial charge in [-0.2, -0.15) is 0 Å². The van der Waals surface area contributed by atoms with E-state index in [4.69, 9.17) is 26.8 Å². The quantitative estimate of drug-likeness (QED) is 0.105. The van der Waals surface area contributed by atoms with E-state index in [0.717, 1.165) is 36.4 Å². The normalized spacial score (nSPS) is 22.5. The molecule has 0 spiro atoms. The van der Waals surface area contributed by atoms with Gasteiger partial charge in [0.2, 0.25) is 47.1 Å². The summed E-state index contributed by atoms with van der Waals surface area (Å²) >= 11 is 6.76. The molecule has 25 nitrogen and oxygen atoms in total. The standard InChI is InChI=1S/C53H53ClN8O17/c1-20(2)13-29(56-3)47(70)61-43-45(68)22-9-12-33(28(54)14-22)79-35-16-23-15-34(46(35)69)78-25-10-7-21(8-11-25)44(67)42-52(75)60-41(53(76)77)27-17-24(63)18-32(65)38(27)37-26(5-4-6-31(37)64)40(50(73)62-42)59-49(72)39(23)58-48(71)30(19-36(55)66)57-51(43)74/h4-12,14-18,20,29-30,39-45,56,63-65,67-69H,13,19H2,1-3H3,(H2,55,66)(H,57,74)(H,58,71)(H,59,72)(H,60,75)(H,61,70)(H,62,73)(H,76,77). The van der Waals surface area contributed by atoms with Crippen LogP contribution in [0.15, 0.2) is 84.9 Å². The average Bonchev–Trinajstić information content (AvgIpc) is 3.40. The molecule has 5 aromatic carbocycles. The fraction of sp³-hybridized carbons (Fsp3) is 0.283. The van der Waals surface area contributed by atoms with Crippen molar-refractivity contribution < 1.29 is 83.6 Å². The summed E-state index contributed by atoms with van der Waals surface area (Å²) in [6, 6.07) is 2.32. The summed E-state index contributed by atoms with van der Waals surface area (Å²) in [4.78, 5) is 114. The maximum atomic E-state index is 15.5. The van der Waals surface area contributed by atoms with Crippen LogP contribution in [0.1, 0.15) is 84.8 Å². The van der Waals surface area contributed by atoms with Crippen LogP contribution in [0.2, 0.25) is 5.02 Å². The number of nitrogens with one attached hydrogen (secondary N) is 7. The van der Waals surface area contributed by atoms with Gasteiger partial charge in [0.15, 0.2) is 17.5 Å². The number of likely N-dealkylation sites (N-methyl/N-ethyl adjacent to an activating group) is 1. The number of benzene rings is 5. The van der Waals surface area contributed by atoms with Gasteiger partial charge >= 0.3 is 5.97 Å². The minimum absolute atomic E-state index is 0.0338. The van der Waals surface area contributed by atoms with Gasteiger partial charge in [0, 0.05) is 22.8 Å². The van der Waals surface area contributed by atoms with Gasteiger partial charge < -0.3 is 88.2 Å². The van der Waals surface area contributed by atoms with E-state index in [1.165, 1.54) is 55.6 Å². The summed E-state index contributed by atoms with van der Waals surface area (Å²) in [6.07, 6.45) is -4.68. The van der Waals surface area contributed by atoms with Crippen LogP contribution in [-0.4, -0.2) is 114 Å². The molecule has 9 unspecified atom stereocenters. The number of carbonyl (C=O) groups excluding carboxylic acids is 7. The lowest BCUT2D eigenvalue weighted by atomic mass is 9.87. The molecule has 7 amide bonds. The highest BCUT2D eigenvalue weighted by atomic mass is 35.5. The van der Waals surface area contributed by atoms with Crippen LogP contribution in [0, 0.1) is 5.92 Å². The van der Waals surface area contributed by atoms with Crippen molar-refractivity contribution >= 4 is 58.9 Å². The van der Waals surface area contributed by atoms with Crippen molar-refractivity contribution in [1.82, 2.24) is 37.2 Å². The second-order valence-corrected chi connectivity index (χ2v) is 19.6. The molecule has 0 radical (unpaired) electrons. The van der Waals surface area contributed by atoms with Gasteiger partial charge in [0.25, 0.3) is 0 Å². The van der Waals surface area contributed by atoms with E-state index in [1.54, 1.807) is 0 Å². The number of aliphatic hydroxyl groups is 2. The number of carbonyl (C=O) groups is 8. The molecule has 0 aliphatic carbocycles. The molecule has 9 bridgehead atoms. The van der Waals surface area contributed by atoms with Crippen molar-refractivity contribution in [2.75, 3.05) is 7.05 Å². The molecule has 5 aromatic rings. The van der Waals surface area contributed by atoms with E-state index in [-0.39, 0.29) is 45.6 Å². The minimum atomic E-state index is -2.20. The van der Waals surface area contributed by atoms with Crippen molar-refractivity contribution in [3.63, 3.8) is 0 Å². The first-order valence-corrected chi connectivity index (χ1v) is 24.7. The fourth-order valence-electron chi connectivity index (χ4n) is 9.40. The van der Waals surface area contributed by atoms with E-state index >= 15 is 9.59 Å².